The number of para-hydroxylation sites is 1. The number of aromatic nitrogens is 1. The Morgan fingerprint density at radius 1 is 0.741 bits per heavy atom. The SMILES string of the molecule is CCCC[C@H](NC(C)=O)C(=O)NC1CC(=O)NCCCC[C@@H](C(=O)N2CCC[C@H]2C(=O)N[C@H](C(N)=O)C(C)C)NC(=O)[C@H](Cc2c[nH]c3ccccc23)NC(=O)C(CCCN=C(N)N)NC(=O)[C@@H](Cc2ccccc2)NC(=O)[C@@H]2CCCN2C1=O. The summed E-state index contributed by atoms with van der Waals surface area (Å²) in [5.41, 5.74) is 18.9. The number of nitrogens with two attached hydrogens (primary N) is 3. The minimum Gasteiger partial charge on any atom is -0.370 e. The number of nitrogens with one attached hydrogen (secondary N) is 9. The third-order valence-corrected chi connectivity index (χ3v) is 15.6. The number of hydrogen-bond acceptors (Lipinski definition) is 12. The van der Waals surface area contributed by atoms with E-state index in [1.54, 1.807) is 50.4 Å². The van der Waals surface area contributed by atoms with Crippen LogP contribution in [0.3, 0.4) is 0 Å². The van der Waals surface area contributed by atoms with Crippen molar-refractivity contribution in [1.82, 2.24) is 57.3 Å². The van der Waals surface area contributed by atoms with E-state index in [1.807, 2.05) is 31.2 Å². The number of H-pyrrole nitrogens is 1. The van der Waals surface area contributed by atoms with E-state index in [-0.39, 0.29) is 102 Å². The number of rotatable bonds is 19. The molecule has 6 rings (SSSR count). The number of aliphatic imine (C=N–C) groups is 1. The fourth-order valence-electron chi connectivity index (χ4n) is 11.1. The molecule has 4 heterocycles. The minimum absolute atomic E-state index is 0.00835. The first-order valence-corrected chi connectivity index (χ1v) is 29.6. The monoisotopic (exact) mass is 1180 g/mol. The summed E-state index contributed by atoms with van der Waals surface area (Å²) in [6.07, 6.45) is 4.08. The molecule has 0 bridgehead atoms. The number of likely N-dealkylation sites (tertiary alicyclic amines) is 1. The van der Waals surface area contributed by atoms with Crippen molar-refractivity contribution in [3.8, 4) is 0 Å². The van der Waals surface area contributed by atoms with E-state index in [1.165, 1.54) is 16.7 Å². The average molecular weight is 1180 g/mol. The molecule has 0 radical (unpaired) electrons. The van der Waals surface area contributed by atoms with Crippen molar-refractivity contribution in [2.24, 2.45) is 28.1 Å². The molecule has 26 heteroatoms. The van der Waals surface area contributed by atoms with Crippen LogP contribution in [0.5, 0.6) is 0 Å². The summed E-state index contributed by atoms with van der Waals surface area (Å²) >= 11 is 0. The summed E-state index contributed by atoms with van der Waals surface area (Å²) in [5, 5.41) is 23.0. The summed E-state index contributed by atoms with van der Waals surface area (Å²) in [4.78, 5) is 166. The highest BCUT2D eigenvalue weighted by Crippen LogP contribution is 2.24. The summed E-state index contributed by atoms with van der Waals surface area (Å²) in [6.45, 7) is 6.84. The maximum atomic E-state index is 15.1. The molecule has 462 valence electrons. The molecule has 26 nitrogen and oxygen atoms in total. The fourth-order valence-corrected chi connectivity index (χ4v) is 11.1. The lowest BCUT2D eigenvalue weighted by Crippen LogP contribution is -2.61. The highest BCUT2D eigenvalue weighted by molar-refractivity contribution is 6.00. The molecule has 85 heavy (non-hydrogen) atoms. The Labute approximate surface area is 494 Å². The molecule has 1 aromatic heterocycles. The van der Waals surface area contributed by atoms with Gasteiger partial charge in [-0.1, -0.05) is 82.1 Å². The van der Waals surface area contributed by atoms with Gasteiger partial charge in [0.1, 0.15) is 54.4 Å². The van der Waals surface area contributed by atoms with Gasteiger partial charge in [0.2, 0.25) is 65.0 Å². The molecule has 0 spiro atoms. The van der Waals surface area contributed by atoms with Gasteiger partial charge in [-0.15, -0.1) is 0 Å². The van der Waals surface area contributed by atoms with Gasteiger partial charge in [-0.3, -0.25) is 57.7 Å². The lowest BCUT2D eigenvalue weighted by Gasteiger charge is -2.31. The molecule has 3 aliphatic heterocycles. The Bertz CT molecular complexity index is 2890. The summed E-state index contributed by atoms with van der Waals surface area (Å²) in [7, 11) is 0. The predicted molar refractivity (Wildman–Crippen MR) is 316 cm³/mol. The van der Waals surface area contributed by atoms with Crippen molar-refractivity contribution in [1.29, 1.82) is 0 Å². The van der Waals surface area contributed by atoms with Crippen molar-refractivity contribution in [3.63, 3.8) is 0 Å². The van der Waals surface area contributed by atoms with Crippen molar-refractivity contribution in [2.75, 3.05) is 26.2 Å². The molecule has 3 fully saturated rings. The van der Waals surface area contributed by atoms with E-state index >= 15 is 4.79 Å². The van der Waals surface area contributed by atoms with Crippen LogP contribution < -0.4 is 59.7 Å². The van der Waals surface area contributed by atoms with Gasteiger partial charge < -0.3 is 74.5 Å². The number of aromatic amines is 1. The maximum Gasteiger partial charge on any atom is 0.246 e. The second-order valence-electron chi connectivity index (χ2n) is 22.5. The molecular formula is C59H85N15O11. The number of carbonyl (C=O) groups excluding carboxylic acids is 11. The van der Waals surface area contributed by atoms with E-state index in [2.05, 4.69) is 52.5 Å². The molecule has 9 atom stereocenters. The standard InChI is InChI=1S/C59H85N15O11/c1-5-6-20-40(66-35(4)75)51(78)71-45-32-48(76)63-26-13-12-22-42(57(84)73-28-16-25-47(73)56(83)72-49(34(2)3)50(60)77)68-54(81)44(31-37-33-65-39-21-11-10-19-38(37)39)69-52(79)41(23-14-27-64-59(61)62)67-53(80)43(30-36-17-8-7-9-18-36)70-55(82)46-24-15-29-74(46)58(45)85/h7-11,17-19,21,33-34,40-47,49,65H,5-6,12-16,20,22-32H2,1-4H3,(H2,60,77)(H,63,76)(H,66,75)(H,67,80)(H,68,81)(H,69,79)(H,70,82)(H,71,78)(H,72,83)(H4,61,62,64)/t40-,41?,42-,43+,44-,45?,46-,47-,49-/m0/s1. The van der Waals surface area contributed by atoms with Crippen LogP contribution >= 0.6 is 0 Å². The van der Waals surface area contributed by atoms with Crippen molar-refractivity contribution in [2.45, 2.75) is 178 Å². The molecule has 11 amide bonds. The molecule has 3 aromatic rings. The van der Waals surface area contributed by atoms with Gasteiger partial charge in [-0.05, 0) is 87.3 Å². The first-order valence-electron chi connectivity index (χ1n) is 29.6. The van der Waals surface area contributed by atoms with Gasteiger partial charge in [0.25, 0.3) is 0 Å². The summed E-state index contributed by atoms with van der Waals surface area (Å²) in [5.74, 6) is -8.25. The number of unbranched alkanes of at least 4 members (excludes halogenated alkanes) is 1. The third kappa shape index (κ3) is 19.0. The zero-order valence-electron chi connectivity index (χ0n) is 49.0. The quantitative estimate of drug-likeness (QED) is 0.0407. The van der Waals surface area contributed by atoms with Crippen LogP contribution in [0.4, 0.5) is 0 Å². The molecule has 2 aromatic carbocycles. The maximum absolute atomic E-state index is 15.1. The largest absolute Gasteiger partial charge is 0.370 e. The Morgan fingerprint density at radius 3 is 2.12 bits per heavy atom. The zero-order valence-corrected chi connectivity index (χ0v) is 49.0. The Balaban J connectivity index is 1.41. The van der Waals surface area contributed by atoms with E-state index in [0.29, 0.717) is 36.8 Å². The zero-order chi connectivity index (χ0) is 61.7. The Kier molecular flexibility index (Phi) is 24.6. The third-order valence-electron chi connectivity index (χ3n) is 15.6. The van der Waals surface area contributed by atoms with Crippen LogP contribution in [-0.4, -0.2) is 166 Å². The van der Waals surface area contributed by atoms with E-state index in [0.717, 1.165) is 10.9 Å². The van der Waals surface area contributed by atoms with E-state index in [9.17, 15) is 47.9 Å². The van der Waals surface area contributed by atoms with Gasteiger partial charge in [-0.2, -0.15) is 0 Å². The molecular weight excluding hydrogens is 1090 g/mol. The van der Waals surface area contributed by atoms with Gasteiger partial charge in [-0.25, -0.2) is 0 Å². The predicted octanol–water partition coefficient (Wildman–Crippen LogP) is -0.576. The Morgan fingerprint density at radius 2 is 1.41 bits per heavy atom. The van der Waals surface area contributed by atoms with Crippen molar-refractivity contribution < 1.29 is 52.7 Å². The molecule has 15 N–H and O–H groups in total. The molecule has 0 aliphatic carbocycles. The normalized spacial score (nSPS) is 23.0. The number of benzene rings is 2. The first-order chi connectivity index (χ1) is 40.6. The van der Waals surface area contributed by atoms with Crippen LogP contribution in [0, 0.1) is 5.92 Å². The highest BCUT2D eigenvalue weighted by Gasteiger charge is 2.43. The number of fused-ring (bicyclic) bond motifs is 2. The number of amides is 11. The van der Waals surface area contributed by atoms with Crippen molar-refractivity contribution >= 4 is 81.8 Å². The van der Waals surface area contributed by atoms with E-state index in [4.69, 9.17) is 17.2 Å². The van der Waals surface area contributed by atoms with Crippen LogP contribution in [-0.2, 0) is 65.6 Å². The van der Waals surface area contributed by atoms with Crippen molar-refractivity contribution in [3.05, 3.63) is 71.9 Å². The molecule has 3 aliphatic rings. The van der Waals surface area contributed by atoms with Crippen LogP contribution in [0.2, 0.25) is 0 Å². The van der Waals surface area contributed by atoms with Gasteiger partial charge in [0.05, 0.1) is 6.42 Å². The number of carbonyl (C=O) groups is 11. The van der Waals surface area contributed by atoms with Crippen LogP contribution in [0.15, 0.2) is 65.8 Å². The topological polar surface area (TPSA) is 397 Å². The lowest BCUT2D eigenvalue weighted by molar-refractivity contribution is -0.143. The minimum atomic E-state index is -1.51. The highest BCUT2D eigenvalue weighted by atomic mass is 16.2. The van der Waals surface area contributed by atoms with Crippen LogP contribution in [0.25, 0.3) is 10.9 Å². The molecule has 3 saturated heterocycles. The van der Waals surface area contributed by atoms with Gasteiger partial charge >= 0.3 is 0 Å². The van der Waals surface area contributed by atoms with E-state index < -0.39 is 126 Å². The summed E-state index contributed by atoms with van der Waals surface area (Å²) < 4.78 is 0. The summed E-state index contributed by atoms with van der Waals surface area (Å²) in [6, 6.07) is 4.86. The number of guanidine groups is 1. The number of nitrogens with zero attached hydrogens (tertiary/aromatic N) is 3. The second kappa shape index (κ2) is 31.9. The number of primary amides is 1. The first kappa shape index (κ1) is 65.6. The molecule has 2 unspecified atom stereocenters. The molecule has 0 saturated carbocycles. The fraction of sp³-hybridized carbons (Fsp3) is 0.559. The number of hydrogen-bond donors (Lipinski definition) is 12. The van der Waals surface area contributed by atoms with Gasteiger partial charge in [0.15, 0.2) is 5.96 Å². The van der Waals surface area contributed by atoms with Crippen LogP contribution in [0.1, 0.15) is 122 Å². The lowest BCUT2D eigenvalue weighted by atomic mass is 10.0. The Hall–Kier alpha value is -8.58. The smallest absolute Gasteiger partial charge is 0.246 e. The van der Waals surface area contributed by atoms with Gasteiger partial charge in [0, 0.05) is 63.0 Å². The second-order valence-corrected chi connectivity index (χ2v) is 22.5. The average Bonchev–Trinajstić information content (AvgIpc) is 4.35.